The largest absolute Gasteiger partial charge is 0.240 e. The molecule has 0 saturated carbocycles. The Morgan fingerprint density at radius 1 is 1.29 bits per heavy atom. The summed E-state index contributed by atoms with van der Waals surface area (Å²) in [5.41, 5.74) is 4.30. The summed E-state index contributed by atoms with van der Waals surface area (Å²) in [5, 5.41) is 0. The van der Waals surface area contributed by atoms with E-state index in [4.69, 9.17) is 0 Å². The average Bonchev–Trinajstić information content (AvgIpc) is 2.74. The molecule has 0 bridgehead atoms. The van der Waals surface area contributed by atoms with Crippen LogP contribution in [0.25, 0.3) is 0 Å². The normalized spacial score (nSPS) is 16.6. The van der Waals surface area contributed by atoms with E-state index in [2.05, 4.69) is 37.7 Å². The summed E-state index contributed by atoms with van der Waals surface area (Å²) in [6.45, 7) is 8.43. The minimum absolute atomic E-state index is 0.0311. The van der Waals surface area contributed by atoms with Crippen LogP contribution < -0.4 is 0 Å². The van der Waals surface area contributed by atoms with Crippen LogP contribution in [0.2, 0.25) is 0 Å². The van der Waals surface area contributed by atoms with Crippen molar-refractivity contribution in [2.45, 2.75) is 58.3 Å². The van der Waals surface area contributed by atoms with Gasteiger partial charge in [-0.05, 0) is 47.8 Å². The van der Waals surface area contributed by atoms with Gasteiger partial charge in [-0.15, -0.1) is 0 Å². The third kappa shape index (κ3) is 2.61. The third-order valence-corrected chi connectivity index (χ3v) is 4.52. The number of benzene rings is 1. The van der Waals surface area contributed by atoms with Crippen LogP contribution in [-0.2, 0) is 21.4 Å². The minimum Gasteiger partial charge on any atom is -0.211 e. The summed E-state index contributed by atoms with van der Waals surface area (Å²) in [7, 11) is 0. The van der Waals surface area contributed by atoms with Gasteiger partial charge in [0.25, 0.3) is 0 Å². The molecule has 0 aromatic heterocycles. The smallest absolute Gasteiger partial charge is 0.211 e. The number of hydrogen-bond donors (Lipinski definition) is 0. The van der Waals surface area contributed by atoms with Crippen LogP contribution in [0.4, 0.5) is 11.4 Å². The molecule has 0 aliphatic heterocycles. The molecular weight excluding hydrogens is 264 g/mol. The van der Waals surface area contributed by atoms with Crippen LogP contribution in [-0.4, -0.2) is 12.2 Å². The van der Waals surface area contributed by atoms with Crippen molar-refractivity contribution in [3.05, 3.63) is 22.8 Å². The average molecular weight is 284 g/mol. The van der Waals surface area contributed by atoms with Gasteiger partial charge in [0.1, 0.15) is 0 Å². The standard InChI is InChI=1S/C17H20N2O2/c1-5-11(2)14-13(18-9-20)8-12-6-7-17(3,4)15(12)16(14)19-10-21/h8,11H,5-7H2,1-4H3. The van der Waals surface area contributed by atoms with Gasteiger partial charge in [-0.1, -0.05) is 27.7 Å². The molecule has 0 N–H and O–H groups in total. The second-order valence-corrected chi connectivity index (χ2v) is 6.29. The monoisotopic (exact) mass is 284 g/mol. The highest BCUT2D eigenvalue weighted by Crippen LogP contribution is 2.50. The summed E-state index contributed by atoms with van der Waals surface area (Å²) in [6, 6.07) is 1.96. The van der Waals surface area contributed by atoms with Crippen LogP contribution in [0, 0.1) is 0 Å². The maximum Gasteiger partial charge on any atom is 0.240 e. The van der Waals surface area contributed by atoms with Crippen molar-refractivity contribution < 1.29 is 9.59 Å². The van der Waals surface area contributed by atoms with Crippen molar-refractivity contribution in [3.8, 4) is 0 Å². The Labute approximate surface area is 125 Å². The van der Waals surface area contributed by atoms with E-state index < -0.39 is 0 Å². The van der Waals surface area contributed by atoms with Crippen molar-refractivity contribution in [1.29, 1.82) is 0 Å². The molecule has 1 aliphatic carbocycles. The van der Waals surface area contributed by atoms with Gasteiger partial charge in [0, 0.05) is 5.56 Å². The molecule has 0 radical (unpaired) electrons. The number of isocyanates is 2. The zero-order valence-corrected chi connectivity index (χ0v) is 13.0. The first-order valence-electron chi connectivity index (χ1n) is 7.32. The van der Waals surface area contributed by atoms with Crippen molar-refractivity contribution in [2.75, 3.05) is 0 Å². The molecule has 1 aromatic carbocycles. The van der Waals surface area contributed by atoms with E-state index in [1.165, 1.54) is 0 Å². The molecule has 0 saturated heterocycles. The van der Waals surface area contributed by atoms with Crippen molar-refractivity contribution >= 4 is 23.5 Å². The summed E-state index contributed by atoms with van der Waals surface area (Å²) in [5.74, 6) is 0.158. The van der Waals surface area contributed by atoms with Gasteiger partial charge < -0.3 is 0 Å². The fraction of sp³-hybridized carbons (Fsp3) is 0.529. The maximum atomic E-state index is 10.9. The molecule has 110 valence electrons. The third-order valence-electron chi connectivity index (χ3n) is 4.52. The van der Waals surface area contributed by atoms with Crippen LogP contribution in [0.3, 0.4) is 0 Å². The van der Waals surface area contributed by atoms with Crippen molar-refractivity contribution in [2.24, 2.45) is 9.98 Å². The van der Waals surface area contributed by atoms with Gasteiger partial charge >= 0.3 is 0 Å². The Bertz CT molecular complexity index is 664. The van der Waals surface area contributed by atoms with E-state index in [0.717, 1.165) is 36.0 Å². The summed E-state index contributed by atoms with van der Waals surface area (Å²) in [4.78, 5) is 29.5. The molecule has 1 unspecified atom stereocenters. The SMILES string of the molecule is CCC(C)c1c(N=C=O)cc2c(c1N=C=O)C(C)(C)CC2. The van der Waals surface area contributed by atoms with Gasteiger partial charge in [0.2, 0.25) is 12.2 Å². The predicted molar refractivity (Wildman–Crippen MR) is 82.1 cm³/mol. The predicted octanol–water partition coefficient (Wildman–Crippen LogP) is 4.36. The Balaban J connectivity index is 2.89. The van der Waals surface area contributed by atoms with E-state index in [1.54, 1.807) is 12.2 Å². The molecule has 0 heterocycles. The van der Waals surface area contributed by atoms with E-state index >= 15 is 0 Å². The van der Waals surface area contributed by atoms with E-state index in [9.17, 15) is 9.59 Å². The van der Waals surface area contributed by atoms with Gasteiger partial charge in [-0.2, -0.15) is 9.98 Å². The first kappa shape index (κ1) is 15.4. The fourth-order valence-corrected chi connectivity index (χ4v) is 3.24. The fourth-order valence-electron chi connectivity index (χ4n) is 3.24. The van der Waals surface area contributed by atoms with Gasteiger partial charge in [0.15, 0.2) is 0 Å². The Morgan fingerprint density at radius 2 is 1.95 bits per heavy atom. The number of aliphatic imine (C=N–C) groups is 2. The van der Waals surface area contributed by atoms with Crippen LogP contribution in [0.15, 0.2) is 16.1 Å². The summed E-state index contributed by atoms with van der Waals surface area (Å²) in [6.07, 6.45) is 6.08. The first-order valence-corrected chi connectivity index (χ1v) is 7.32. The molecule has 0 amide bonds. The molecule has 4 heteroatoms. The lowest BCUT2D eigenvalue weighted by atomic mass is 9.81. The van der Waals surface area contributed by atoms with Gasteiger partial charge in [-0.25, -0.2) is 9.59 Å². The highest BCUT2D eigenvalue weighted by molar-refractivity contribution is 5.74. The Morgan fingerprint density at radius 3 is 2.52 bits per heavy atom. The minimum atomic E-state index is -0.0311. The second-order valence-electron chi connectivity index (χ2n) is 6.29. The van der Waals surface area contributed by atoms with E-state index in [0.29, 0.717) is 11.4 Å². The highest BCUT2D eigenvalue weighted by Gasteiger charge is 2.35. The lowest BCUT2D eigenvalue weighted by molar-refractivity contribution is 0.522. The summed E-state index contributed by atoms with van der Waals surface area (Å²) >= 11 is 0. The quantitative estimate of drug-likeness (QED) is 0.609. The van der Waals surface area contributed by atoms with Crippen LogP contribution in [0.5, 0.6) is 0 Å². The topological polar surface area (TPSA) is 58.9 Å². The molecule has 1 aromatic rings. The molecular formula is C17H20N2O2. The number of hydrogen-bond acceptors (Lipinski definition) is 4. The highest BCUT2D eigenvalue weighted by atomic mass is 16.1. The number of aryl methyl sites for hydroxylation is 1. The molecule has 1 atom stereocenters. The van der Waals surface area contributed by atoms with E-state index in [1.807, 2.05) is 6.07 Å². The molecule has 2 rings (SSSR count). The second kappa shape index (κ2) is 5.77. The number of fused-ring (bicyclic) bond motifs is 1. The van der Waals surface area contributed by atoms with Crippen LogP contribution >= 0.6 is 0 Å². The number of carbonyl (C=O) groups excluding carboxylic acids is 2. The summed E-state index contributed by atoms with van der Waals surface area (Å²) < 4.78 is 0. The van der Waals surface area contributed by atoms with E-state index in [-0.39, 0.29) is 11.3 Å². The molecule has 0 spiro atoms. The zero-order chi connectivity index (χ0) is 15.6. The number of rotatable bonds is 4. The molecule has 4 nitrogen and oxygen atoms in total. The molecule has 0 fully saturated rings. The molecule has 1 aliphatic rings. The van der Waals surface area contributed by atoms with Crippen molar-refractivity contribution in [1.82, 2.24) is 0 Å². The first-order chi connectivity index (χ1) is 9.96. The zero-order valence-electron chi connectivity index (χ0n) is 13.0. The lowest BCUT2D eigenvalue weighted by Gasteiger charge is -2.24. The van der Waals surface area contributed by atoms with Crippen molar-refractivity contribution in [3.63, 3.8) is 0 Å². The Hall–Kier alpha value is -2.02. The van der Waals surface area contributed by atoms with Crippen LogP contribution in [0.1, 0.15) is 63.1 Å². The number of nitrogens with zero attached hydrogens (tertiary/aromatic N) is 2. The molecule has 21 heavy (non-hydrogen) atoms. The Kier molecular flexibility index (Phi) is 4.22. The maximum absolute atomic E-state index is 10.9. The van der Waals surface area contributed by atoms with Gasteiger partial charge in [0.05, 0.1) is 11.4 Å². The lowest BCUT2D eigenvalue weighted by Crippen LogP contribution is -2.13. The van der Waals surface area contributed by atoms with Gasteiger partial charge in [-0.3, -0.25) is 0 Å².